The van der Waals surface area contributed by atoms with E-state index in [-0.39, 0.29) is 11.4 Å². The topological polar surface area (TPSA) is 69.8 Å². The van der Waals surface area contributed by atoms with E-state index in [1.807, 2.05) is 0 Å². The van der Waals surface area contributed by atoms with E-state index in [0.29, 0.717) is 23.7 Å². The smallest absolute Gasteiger partial charge is 0.257 e. The number of fused-ring (bicyclic) bond motifs is 1. The van der Waals surface area contributed by atoms with Crippen molar-refractivity contribution in [2.24, 2.45) is 0 Å². The van der Waals surface area contributed by atoms with Gasteiger partial charge in [0, 0.05) is 25.2 Å². The third kappa shape index (κ3) is 2.48. The number of hydrogen-bond donors (Lipinski definition) is 3. The highest BCUT2D eigenvalue weighted by Crippen LogP contribution is 2.14. The second-order valence-corrected chi connectivity index (χ2v) is 4.40. The Morgan fingerprint density at radius 3 is 2.84 bits per heavy atom. The molecule has 0 spiro atoms. The molecule has 0 unspecified atom stereocenters. The summed E-state index contributed by atoms with van der Waals surface area (Å²) >= 11 is 0. The molecule has 5 nitrogen and oxygen atoms in total. The fourth-order valence-electron chi connectivity index (χ4n) is 2.08. The quantitative estimate of drug-likeness (QED) is 0.761. The van der Waals surface area contributed by atoms with Crippen LogP contribution < -0.4 is 16.2 Å². The second-order valence-electron chi connectivity index (χ2n) is 4.40. The van der Waals surface area contributed by atoms with Crippen molar-refractivity contribution in [1.82, 2.24) is 15.3 Å². The molecule has 3 rings (SSSR count). The maximum atomic E-state index is 12.8. The van der Waals surface area contributed by atoms with E-state index in [1.54, 1.807) is 12.1 Å². The van der Waals surface area contributed by atoms with Gasteiger partial charge in [0.15, 0.2) is 0 Å². The lowest BCUT2D eigenvalue weighted by molar-refractivity contribution is 0.621. The summed E-state index contributed by atoms with van der Waals surface area (Å²) in [5, 5.41) is 6.10. The summed E-state index contributed by atoms with van der Waals surface area (Å²) in [5.74, 6) is 0.0841. The van der Waals surface area contributed by atoms with E-state index in [0.717, 1.165) is 18.7 Å². The maximum absolute atomic E-state index is 12.8. The van der Waals surface area contributed by atoms with Crippen molar-refractivity contribution in [3.8, 4) is 0 Å². The zero-order valence-electron chi connectivity index (χ0n) is 10.2. The zero-order chi connectivity index (χ0) is 13.2. The minimum atomic E-state index is -0.302. The Morgan fingerprint density at radius 2 is 2.05 bits per heavy atom. The van der Waals surface area contributed by atoms with Crippen molar-refractivity contribution < 1.29 is 4.39 Å². The third-order valence-electron chi connectivity index (χ3n) is 3.05. The van der Waals surface area contributed by atoms with Gasteiger partial charge in [-0.3, -0.25) is 9.78 Å². The van der Waals surface area contributed by atoms with Crippen LogP contribution in [0.1, 0.15) is 11.3 Å². The van der Waals surface area contributed by atoms with Gasteiger partial charge in [0.1, 0.15) is 5.82 Å². The molecule has 1 aliphatic rings. The highest BCUT2D eigenvalue weighted by Gasteiger charge is 2.14. The number of aromatic amines is 1. The SMILES string of the molecule is O=c1[nH]c(Nc2ccc(F)cc2)nc2c1CNCC2. The molecular weight excluding hydrogens is 247 g/mol. The minimum absolute atomic E-state index is 0.137. The van der Waals surface area contributed by atoms with E-state index in [2.05, 4.69) is 20.6 Å². The van der Waals surface area contributed by atoms with E-state index < -0.39 is 0 Å². The molecule has 0 radical (unpaired) electrons. The molecule has 1 aromatic carbocycles. The molecule has 2 heterocycles. The number of aromatic nitrogens is 2. The molecule has 98 valence electrons. The predicted octanol–water partition coefficient (Wildman–Crippen LogP) is 1.30. The van der Waals surface area contributed by atoms with Gasteiger partial charge in [0.05, 0.1) is 11.3 Å². The summed E-state index contributed by atoms with van der Waals surface area (Å²) < 4.78 is 12.8. The Kier molecular flexibility index (Phi) is 3.00. The predicted molar refractivity (Wildman–Crippen MR) is 70.0 cm³/mol. The number of halogens is 1. The van der Waals surface area contributed by atoms with Crippen molar-refractivity contribution in [3.63, 3.8) is 0 Å². The monoisotopic (exact) mass is 260 g/mol. The Balaban J connectivity index is 1.91. The first-order valence-corrected chi connectivity index (χ1v) is 6.08. The molecule has 0 bridgehead atoms. The van der Waals surface area contributed by atoms with E-state index in [9.17, 15) is 9.18 Å². The summed E-state index contributed by atoms with van der Waals surface area (Å²) in [4.78, 5) is 19.0. The highest BCUT2D eigenvalue weighted by atomic mass is 19.1. The first kappa shape index (κ1) is 11.9. The number of nitrogens with one attached hydrogen (secondary N) is 3. The van der Waals surface area contributed by atoms with Gasteiger partial charge in [-0.1, -0.05) is 0 Å². The molecule has 2 aromatic rings. The second kappa shape index (κ2) is 4.81. The van der Waals surface area contributed by atoms with Crippen LogP contribution in [0.25, 0.3) is 0 Å². The Hall–Kier alpha value is -2.21. The van der Waals surface area contributed by atoms with Gasteiger partial charge >= 0.3 is 0 Å². The lowest BCUT2D eigenvalue weighted by Crippen LogP contribution is -2.31. The molecule has 0 saturated heterocycles. The summed E-state index contributed by atoms with van der Waals surface area (Å²) in [6.07, 6.45) is 0.733. The van der Waals surface area contributed by atoms with E-state index >= 15 is 0 Å². The number of H-pyrrole nitrogens is 1. The normalized spacial score (nSPS) is 13.9. The van der Waals surface area contributed by atoms with Crippen molar-refractivity contribution in [1.29, 1.82) is 0 Å². The number of nitrogens with zero attached hydrogens (tertiary/aromatic N) is 1. The number of benzene rings is 1. The van der Waals surface area contributed by atoms with Crippen LogP contribution in [0.5, 0.6) is 0 Å². The van der Waals surface area contributed by atoms with Crippen LogP contribution >= 0.6 is 0 Å². The summed E-state index contributed by atoms with van der Waals surface area (Å²) in [6.45, 7) is 1.37. The van der Waals surface area contributed by atoms with Crippen molar-refractivity contribution in [2.45, 2.75) is 13.0 Å². The van der Waals surface area contributed by atoms with Crippen LogP contribution in [0, 0.1) is 5.82 Å². The average molecular weight is 260 g/mol. The van der Waals surface area contributed by atoms with Crippen LogP contribution in [-0.2, 0) is 13.0 Å². The minimum Gasteiger partial charge on any atom is -0.326 e. The number of anilines is 2. The Labute approximate surface area is 108 Å². The van der Waals surface area contributed by atoms with Gasteiger partial charge in [0.2, 0.25) is 5.95 Å². The summed E-state index contributed by atoms with van der Waals surface area (Å²) in [6, 6.07) is 5.89. The number of hydrogen-bond acceptors (Lipinski definition) is 4. The molecule has 19 heavy (non-hydrogen) atoms. The summed E-state index contributed by atoms with van der Waals surface area (Å²) in [5.41, 5.74) is 2.04. The van der Waals surface area contributed by atoms with E-state index in [4.69, 9.17) is 0 Å². The molecule has 3 N–H and O–H groups in total. The molecule has 1 aromatic heterocycles. The maximum Gasteiger partial charge on any atom is 0.257 e. The van der Waals surface area contributed by atoms with Crippen molar-refractivity contribution in [2.75, 3.05) is 11.9 Å². The van der Waals surface area contributed by atoms with Gasteiger partial charge in [-0.15, -0.1) is 0 Å². The van der Waals surface area contributed by atoms with E-state index in [1.165, 1.54) is 12.1 Å². The van der Waals surface area contributed by atoms with Gasteiger partial charge in [-0.2, -0.15) is 0 Å². The first-order chi connectivity index (χ1) is 9.22. The van der Waals surface area contributed by atoms with Crippen molar-refractivity contribution in [3.05, 3.63) is 51.7 Å². The van der Waals surface area contributed by atoms with Crippen LogP contribution in [0.3, 0.4) is 0 Å². The van der Waals surface area contributed by atoms with Crippen LogP contribution in [0.2, 0.25) is 0 Å². The van der Waals surface area contributed by atoms with Crippen LogP contribution in [-0.4, -0.2) is 16.5 Å². The molecule has 0 atom stereocenters. The molecule has 0 aliphatic carbocycles. The van der Waals surface area contributed by atoms with Gasteiger partial charge < -0.3 is 10.6 Å². The highest BCUT2D eigenvalue weighted by molar-refractivity contribution is 5.53. The fourth-order valence-corrected chi connectivity index (χ4v) is 2.08. The zero-order valence-corrected chi connectivity index (χ0v) is 10.2. The Bertz CT molecular complexity index is 651. The van der Waals surface area contributed by atoms with Gasteiger partial charge in [-0.05, 0) is 24.3 Å². The average Bonchev–Trinajstić information content (AvgIpc) is 2.42. The van der Waals surface area contributed by atoms with Crippen molar-refractivity contribution >= 4 is 11.6 Å². The molecule has 6 heteroatoms. The number of rotatable bonds is 2. The Morgan fingerprint density at radius 1 is 1.26 bits per heavy atom. The third-order valence-corrected chi connectivity index (χ3v) is 3.05. The summed E-state index contributed by atoms with van der Waals surface area (Å²) in [7, 11) is 0. The lowest BCUT2D eigenvalue weighted by atomic mass is 10.1. The van der Waals surface area contributed by atoms with Gasteiger partial charge in [-0.25, -0.2) is 9.37 Å². The lowest BCUT2D eigenvalue weighted by Gasteiger charge is -2.16. The fraction of sp³-hybridized carbons (Fsp3) is 0.231. The molecule has 0 amide bonds. The molecular formula is C13H13FN4O. The van der Waals surface area contributed by atoms with Gasteiger partial charge in [0.25, 0.3) is 5.56 Å². The molecule has 0 saturated carbocycles. The molecule has 1 aliphatic heterocycles. The largest absolute Gasteiger partial charge is 0.326 e. The van der Waals surface area contributed by atoms with Crippen LogP contribution in [0.4, 0.5) is 16.0 Å². The standard InChI is InChI=1S/C13H13FN4O/c14-8-1-3-9(4-2-8)16-13-17-11-5-6-15-7-10(11)12(19)18-13/h1-4,15H,5-7H2,(H2,16,17,18,19). The van der Waals surface area contributed by atoms with Crippen LogP contribution in [0.15, 0.2) is 29.1 Å². The first-order valence-electron chi connectivity index (χ1n) is 6.08. The molecule has 0 fully saturated rings.